The lowest BCUT2D eigenvalue weighted by molar-refractivity contribution is -0.137. The number of hydrogen-bond donors (Lipinski definition) is 1. The van der Waals surface area contributed by atoms with Gasteiger partial charge in [-0.1, -0.05) is 23.2 Å². The van der Waals surface area contributed by atoms with Crippen LogP contribution >= 0.6 is 23.2 Å². The van der Waals surface area contributed by atoms with E-state index in [9.17, 15) is 27.6 Å². The molecule has 0 bridgehead atoms. The fourth-order valence-corrected chi connectivity index (χ4v) is 6.70. The Bertz CT molecular complexity index is 1300. The van der Waals surface area contributed by atoms with Crippen molar-refractivity contribution in [2.45, 2.75) is 30.6 Å². The highest BCUT2D eigenvalue weighted by atomic mass is 35.5. The van der Waals surface area contributed by atoms with E-state index in [0.717, 1.165) is 17.4 Å². The molecule has 34 heavy (non-hydrogen) atoms. The Kier molecular flexibility index (Phi) is 4.48. The summed E-state index contributed by atoms with van der Waals surface area (Å²) in [7, 11) is 0. The van der Waals surface area contributed by atoms with Crippen LogP contribution in [0.1, 0.15) is 24.0 Å². The summed E-state index contributed by atoms with van der Waals surface area (Å²) >= 11 is 12.0. The third kappa shape index (κ3) is 2.60. The normalized spacial score (nSPS) is 30.2. The Morgan fingerprint density at radius 2 is 1.79 bits per heavy atom. The average molecular weight is 510 g/mol. The Balaban J connectivity index is 1.53. The number of hydrogen-bond acceptors (Lipinski definition) is 4. The maximum atomic E-state index is 13.8. The molecule has 0 radical (unpaired) electrons. The molecule has 2 aromatic carbocycles. The summed E-state index contributed by atoms with van der Waals surface area (Å²) in [6, 6.07) is 7.44. The van der Waals surface area contributed by atoms with Crippen LogP contribution in [0.3, 0.4) is 0 Å². The van der Waals surface area contributed by atoms with Gasteiger partial charge in [-0.2, -0.15) is 13.2 Å². The predicted octanol–water partition coefficient (Wildman–Crippen LogP) is 4.44. The van der Waals surface area contributed by atoms with E-state index in [0.29, 0.717) is 35.3 Å². The molecule has 3 fully saturated rings. The van der Waals surface area contributed by atoms with Gasteiger partial charge in [0.05, 0.1) is 28.1 Å². The van der Waals surface area contributed by atoms with E-state index in [-0.39, 0.29) is 5.69 Å². The molecule has 4 heterocycles. The van der Waals surface area contributed by atoms with E-state index in [4.69, 9.17) is 23.2 Å². The number of alkyl halides is 3. The van der Waals surface area contributed by atoms with Crippen LogP contribution in [-0.4, -0.2) is 35.2 Å². The molecular formula is C23H16Cl2F3N3O3. The lowest BCUT2D eigenvalue weighted by Gasteiger charge is -2.36. The zero-order valence-electron chi connectivity index (χ0n) is 17.3. The lowest BCUT2D eigenvalue weighted by Crippen LogP contribution is -2.54. The van der Waals surface area contributed by atoms with Crippen LogP contribution in [0, 0.1) is 11.8 Å². The summed E-state index contributed by atoms with van der Waals surface area (Å²) in [5.74, 6) is -3.70. The van der Waals surface area contributed by atoms with Gasteiger partial charge in [0.1, 0.15) is 5.54 Å². The molecule has 6 nitrogen and oxygen atoms in total. The largest absolute Gasteiger partial charge is 0.417 e. The van der Waals surface area contributed by atoms with Crippen molar-refractivity contribution in [1.29, 1.82) is 0 Å². The van der Waals surface area contributed by atoms with Crippen molar-refractivity contribution in [1.82, 2.24) is 4.90 Å². The summed E-state index contributed by atoms with van der Waals surface area (Å²) in [5.41, 5.74) is -1.79. The number of anilines is 2. The van der Waals surface area contributed by atoms with Gasteiger partial charge in [0.25, 0.3) is 0 Å². The number of nitrogens with one attached hydrogen (secondary N) is 1. The van der Waals surface area contributed by atoms with Gasteiger partial charge in [-0.05, 0) is 55.8 Å². The van der Waals surface area contributed by atoms with Crippen molar-refractivity contribution in [3.05, 3.63) is 57.6 Å². The molecule has 0 saturated carbocycles. The van der Waals surface area contributed by atoms with E-state index < -0.39 is 57.9 Å². The number of carbonyl (C=O) groups excluding carboxylic acids is 3. The number of carbonyl (C=O) groups is 3. The second-order valence-electron chi connectivity index (χ2n) is 8.99. The fourth-order valence-electron chi connectivity index (χ4n) is 6.30. The van der Waals surface area contributed by atoms with Crippen molar-refractivity contribution in [2.75, 3.05) is 16.8 Å². The minimum Gasteiger partial charge on any atom is -0.324 e. The number of benzene rings is 2. The third-order valence-corrected chi connectivity index (χ3v) is 8.03. The van der Waals surface area contributed by atoms with Crippen molar-refractivity contribution in [2.24, 2.45) is 11.8 Å². The molecule has 0 aliphatic carbocycles. The summed E-state index contributed by atoms with van der Waals surface area (Å²) in [4.78, 5) is 43.7. The van der Waals surface area contributed by atoms with Gasteiger partial charge in [0, 0.05) is 22.3 Å². The van der Waals surface area contributed by atoms with Gasteiger partial charge in [-0.25, -0.2) is 4.90 Å². The van der Waals surface area contributed by atoms with Crippen molar-refractivity contribution in [3.8, 4) is 0 Å². The van der Waals surface area contributed by atoms with E-state index in [1.165, 1.54) is 6.07 Å². The second-order valence-corrected chi connectivity index (χ2v) is 9.83. The van der Waals surface area contributed by atoms with E-state index in [1.807, 2.05) is 4.90 Å². The molecule has 3 saturated heterocycles. The molecule has 1 N–H and O–H groups in total. The lowest BCUT2D eigenvalue weighted by atomic mass is 9.75. The second kappa shape index (κ2) is 6.96. The first-order valence-corrected chi connectivity index (χ1v) is 11.4. The first-order valence-electron chi connectivity index (χ1n) is 10.7. The zero-order chi connectivity index (χ0) is 24.2. The number of amides is 3. The Morgan fingerprint density at radius 1 is 1.03 bits per heavy atom. The topological polar surface area (TPSA) is 69.7 Å². The Labute approximate surface area is 201 Å². The fraction of sp³-hybridized carbons (Fsp3) is 0.348. The predicted molar refractivity (Wildman–Crippen MR) is 117 cm³/mol. The molecular weight excluding hydrogens is 494 g/mol. The van der Waals surface area contributed by atoms with Crippen LogP contribution < -0.4 is 10.2 Å². The van der Waals surface area contributed by atoms with Gasteiger partial charge in [0.15, 0.2) is 0 Å². The summed E-state index contributed by atoms with van der Waals surface area (Å²) < 4.78 is 40.4. The van der Waals surface area contributed by atoms with Crippen LogP contribution in [0.15, 0.2) is 36.4 Å². The molecule has 3 amide bonds. The third-order valence-electron chi connectivity index (χ3n) is 7.47. The van der Waals surface area contributed by atoms with E-state index >= 15 is 0 Å². The highest BCUT2D eigenvalue weighted by Crippen LogP contribution is 2.61. The SMILES string of the molecule is O=C1[C@H]2[C@@H](C(=O)N1c1ccc(Cl)c(C(F)(F)F)c1)[C@@]1(C(=O)Nc3ccc(Cl)cc31)N1CCC[C@@H]21. The summed E-state index contributed by atoms with van der Waals surface area (Å²) in [5, 5.41) is 2.66. The van der Waals surface area contributed by atoms with Gasteiger partial charge >= 0.3 is 6.18 Å². The van der Waals surface area contributed by atoms with E-state index in [1.54, 1.807) is 18.2 Å². The van der Waals surface area contributed by atoms with Crippen LogP contribution in [0.5, 0.6) is 0 Å². The van der Waals surface area contributed by atoms with Gasteiger partial charge in [-0.15, -0.1) is 0 Å². The van der Waals surface area contributed by atoms with Crippen molar-refractivity contribution >= 4 is 52.3 Å². The molecule has 176 valence electrons. The maximum absolute atomic E-state index is 13.8. The summed E-state index contributed by atoms with van der Waals surface area (Å²) in [6.07, 6.45) is -3.45. The zero-order valence-corrected chi connectivity index (χ0v) is 18.8. The first kappa shape index (κ1) is 21.9. The quantitative estimate of drug-likeness (QED) is 0.577. The molecule has 2 aromatic rings. The highest BCUT2D eigenvalue weighted by molar-refractivity contribution is 6.32. The number of halogens is 5. The molecule has 6 rings (SSSR count). The van der Waals surface area contributed by atoms with Crippen molar-refractivity contribution < 1.29 is 27.6 Å². The minimum atomic E-state index is -4.76. The van der Waals surface area contributed by atoms with Crippen LogP contribution in [0.2, 0.25) is 10.0 Å². The molecule has 4 aliphatic rings. The maximum Gasteiger partial charge on any atom is 0.417 e. The van der Waals surface area contributed by atoms with E-state index in [2.05, 4.69) is 5.32 Å². The van der Waals surface area contributed by atoms with Crippen molar-refractivity contribution in [3.63, 3.8) is 0 Å². The standard InChI is InChI=1S/C23H16Cl2F3N3O3/c24-10-3-6-15-13(8-10)22(21(34)29-15)18-17(16-2-1-7-30(16)22)19(32)31(20(18)33)11-4-5-14(25)12(9-11)23(26,27)28/h3-6,8-9,16-18H,1-2,7H2,(H,29,34)/t16-,17+,18-,22-/m0/s1. The smallest absolute Gasteiger partial charge is 0.324 e. The molecule has 4 atom stereocenters. The number of nitrogens with zero attached hydrogens (tertiary/aromatic N) is 2. The number of imide groups is 1. The average Bonchev–Trinajstić information content (AvgIpc) is 3.47. The Hall–Kier alpha value is -2.62. The molecule has 4 aliphatic heterocycles. The molecule has 0 aromatic heterocycles. The van der Waals surface area contributed by atoms with Crippen LogP contribution in [0.4, 0.5) is 24.5 Å². The highest BCUT2D eigenvalue weighted by Gasteiger charge is 2.74. The monoisotopic (exact) mass is 509 g/mol. The molecule has 1 spiro atoms. The van der Waals surface area contributed by atoms with Crippen LogP contribution in [0.25, 0.3) is 0 Å². The Morgan fingerprint density at radius 3 is 2.53 bits per heavy atom. The molecule has 11 heteroatoms. The minimum absolute atomic E-state index is 0.217. The number of fused-ring (bicyclic) bond motifs is 7. The van der Waals surface area contributed by atoms with Gasteiger partial charge < -0.3 is 5.32 Å². The van der Waals surface area contributed by atoms with Crippen LogP contribution in [-0.2, 0) is 26.1 Å². The molecule has 0 unspecified atom stereocenters. The van der Waals surface area contributed by atoms with Gasteiger partial charge in [-0.3, -0.25) is 19.3 Å². The van der Waals surface area contributed by atoms with Gasteiger partial charge in [0.2, 0.25) is 17.7 Å². The first-order chi connectivity index (χ1) is 16.1. The summed E-state index contributed by atoms with van der Waals surface area (Å²) in [6.45, 7) is 0.511. The number of rotatable bonds is 1.